The van der Waals surface area contributed by atoms with E-state index >= 15 is 0 Å². The smallest absolute Gasteiger partial charge is 0.0521 e. The van der Waals surface area contributed by atoms with Gasteiger partial charge in [0.05, 0.1) is 6.04 Å². The second-order valence-corrected chi connectivity index (χ2v) is 4.95. The average Bonchev–Trinajstić information content (AvgIpc) is 2.64. The van der Waals surface area contributed by atoms with Gasteiger partial charge in [-0.1, -0.05) is 43.7 Å². The van der Waals surface area contributed by atoms with Crippen LogP contribution in [-0.2, 0) is 0 Å². The molecule has 0 bridgehead atoms. The molecule has 17 heavy (non-hydrogen) atoms. The van der Waals surface area contributed by atoms with Crippen LogP contribution in [0.5, 0.6) is 0 Å². The molecule has 0 saturated heterocycles. The maximum absolute atomic E-state index is 2.56. The molecule has 0 aliphatic carbocycles. The van der Waals surface area contributed by atoms with Crippen molar-refractivity contribution in [2.45, 2.75) is 32.7 Å². The third kappa shape index (κ3) is 1.53. The number of hydrogen-bond acceptors (Lipinski definition) is 1. The van der Waals surface area contributed by atoms with Crippen molar-refractivity contribution >= 4 is 16.5 Å². The Balaban J connectivity index is 2.13. The Morgan fingerprint density at radius 1 is 1.12 bits per heavy atom. The van der Waals surface area contributed by atoms with Crippen molar-refractivity contribution in [3.8, 4) is 0 Å². The van der Waals surface area contributed by atoms with Gasteiger partial charge in [0, 0.05) is 17.6 Å². The average molecular weight is 225 g/mol. The van der Waals surface area contributed by atoms with Crippen LogP contribution in [0, 0.1) is 0 Å². The Kier molecular flexibility index (Phi) is 2.54. The molecule has 88 valence electrons. The van der Waals surface area contributed by atoms with E-state index in [9.17, 15) is 0 Å². The van der Waals surface area contributed by atoms with Crippen LogP contribution in [0.2, 0.25) is 0 Å². The summed E-state index contributed by atoms with van der Waals surface area (Å²) in [5.74, 6) is 0. The molecule has 1 nitrogen and oxygen atoms in total. The van der Waals surface area contributed by atoms with Crippen LogP contribution < -0.4 is 4.90 Å². The second-order valence-electron chi connectivity index (χ2n) is 4.95. The standard InChI is InChI=1S/C16H19N/c1-3-4-11-17-12(2)14-9-5-7-13-8-6-10-15(17)16(13)14/h5-10,12H,3-4,11H2,1-2H3. The van der Waals surface area contributed by atoms with Gasteiger partial charge in [0.15, 0.2) is 0 Å². The van der Waals surface area contributed by atoms with Crippen molar-refractivity contribution < 1.29 is 0 Å². The van der Waals surface area contributed by atoms with E-state index < -0.39 is 0 Å². The normalized spacial score (nSPS) is 18.0. The Hall–Kier alpha value is -1.50. The number of anilines is 1. The van der Waals surface area contributed by atoms with E-state index in [1.165, 1.54) is 41.4 Å². The Morgan fingerprint density at radius 3 is 2.65 bits per heavy atom. The molecule has 1 unspecified atom stereocenters. The lowest BCUT2D eigenvalue weighted by molar-refractivity contribution is 0.654. The van der Waals surface area contributed by atoms with Gasteiger partial charge in [0.1, 0.15) is 0 Å². The van der Waals surface area contributed by atoms with Gasteiger partial charge in [0.2, 0.25) is 0 Å². The van der Waals surface area contributed by atoms with E-state index in [-0.39, 0.29) is 0 Å². The summed E-state index contributed by atoms with van der Waals surface area (Å²) in [6.07, 6.45) is 2.53. The summed E-state index contributed by atoms with van der Waals surface area (Å²) in [6.45, 7) is 5.75. The molecule has 0 spiro atoms. The summed E-state index contributed by atoms with van der Waals surface area (Å²) in [6, 6.07) is 13.9. The lowest BCUT2D eigenvalue weighted by Gasteiger charge is -2.25. The van der Waals surface area contributed by atoms with Crippen molar-refractivity contribution in [3.63, 3.8) is 0 Å². The van der Waals surface area contributed by atoms with E-state index in [0.717, 1.165) is 0 Å². The highest BCUT2D eigenvalue weighted by molar-refractivity contribution is 6.00. The van der Waals surface area contributed by atoms with Crippen molar-refractivity contribution in [2.24, 2.45) is 0 Å². The zero-order valence-corrected chi connectivity index (χ0v) is 10.6. The second kappa shape index (κ2) is 4.06. The Labute approximate surface area is 103 Å². The molecule has 3 rings (SSSR count). The Morgan fingerprint density at radius 2 is 1.88 bits per heavy atom. The maximum atomic E-state index is 2.56. The minimum absolute atomic E-state index is 0.530. The third-order valence-electron chi connectivity index (χ3n) is 3.89. The Bertz CT molecular complexity index is 539. The van der Waals surface area contributed by atoms with Gasteiger partial charge in [0.25, 0.3) is 0 Å². The molecule has 1 aliphatic heterocycles. The molecule has 1 atom stereocenters. The fourth-order valence-electron chi connectivity index (χ4n) is 2.96. The molecule has 2 aromatic carbocycles. The first-order chi connectivity index (χ1) is 8.33. The van der Waals surface area contributed by atoms with Gasteiger partial charge in [-0.3, -0.25) is 0 Å². The highest BCUT2D eigenvalue weighted by Crippen LogP contribution is 2.43. The number of nitrogens with zero attached hydrogens (tertiary/aromatic N) is 1. The van der Waals surface area contributed by atoms with E-state index in [1.54, 1.807) is 0 Å². The van der Waals surface area contributed by atoms with Gasteiger partial charge in [-0.25, -0.2) is 0 Å². The monoisotopic (exact) mass is 225 g/mol. The zero-order chi connectivity index (χ0) is 11.8. The molecule has 0 amide bonds. The van der Waals surface area contributed by atoms with Crippen LogP contribution in [0.1, 0.15) is 38.3 Å². The molecule has 0 fully saturated rings. The SMILES string of the molecule is CCCCN1c2cccc3cccc(c23)C1C. The van der Waals surface area contributed by atoms with Crippen LogP contribution in [0.25, 0.3) is 10.8 Å². The first kappa shape index (κ1) is 10.6. The third-order valence-corrected chi connectivity index (χ3v) is 3.89. The van der Waals surface area contributed by atoms with Crippen LogP contribution in [0.4, 0.5) is 5.69 Å². The predicted molar refractivity (Wildman–Crippen MR) is 74.6 cm³/mol. The largest absolute Gasteiger partial charge is 0.364 e. The molecule has 1 aliphatic rings. The zero-order valence-electron chi connectivity index (χ0n) is 10.6. The van der Waals surface area contributed by atoms with Crippen molar-refractivity contribution in [3.05, 3.63) is 42.0 Å². The lowest BCUT2D eigenvalue weighted by atomic mass is 10.0. The summed E-state index contributed by atoms with van der Waals surface area (Å²) in [4.78, 5) is 2.56. The van der Waals surface area contributed by atoms with Gasteiger partial charge in [-0.15, -0.1) is 0 Å². The van der Waals surface area contributed by atoms with Gasteiger partial charge < -0.3 is 4.90 Å². The van der Waals surface area contributed by atoms with Crippen LogP contribution >= 0.6 is 0 Å². The van der Waals surface area contributed by atoms with E-state index in [4.69, 9.17) is 0 Å². The van der Waals surface area contributed by atoms with Gasteiger partial charge >= 0.3 is 0 Å². The van der Waals surface area contributed by atoms with E-state index in [2.05, 4.69) is 55.1 Å². The van der Waals surface area contributed by atoms with Crippen LogP contribution in [-0.4, -0.2) is 6.54 Å². The van der Waals surface area contributed by atoms with Crippen molar-refractivity contribution in [1.82, 2.24) is 0 Å². The summed E-state index contributed by atoms with van der Waals surface area (Å²) in [5, 5.41) is 2.85. The minimum Gasteiger partial charge on any atom is -0.364 e. The molecular weight excluding hydrogens is 206 g/mol. The van der Waals surface area contributed by atoms with Crippen molar-refractivity contribution in [2.75, 3.05) is 11.4 Å². The fourth-order valence-corrected chi connectivity index (χ4v) is 2.96. The molecule has 2 aromatic rings. The van der Waals surface area contributed by atoms with E-state index in [1.807, 2.05) is 0 Å². The summed E-state index contributed by atoms with van der Waals surface area (Å²) in [5.41, 5.74) is 2.92. The fraction of sp³-hybridized carbons (Fsp3) is 0.375. The van der Waals surface area contributed by atoms with Crippen LogP contribution in [0.15, 0.2) is 36.4 Å². The molecule has 0 saturated carbocycles. The molecule has 1 heterocycles. The first-order valence-electron chi connectivity index (χ1n) is 6.61. The predicted octanol–water partition coefficient (Wildman–Crippen LogP) is 4.52. The number of unbranched alkanes of at least 4 members (excludes halogenated alkanes) is 1. The number of hydrogen-bond donors (Lipinski definition) is 0. The van der Waals surface area contributed by atoms with Gasteiger partial charge in [-0.2, -0.15) is 0 Å². The summed E-state index contributed by atoms with van der Waals surface area (Å²) >= 11 is 0. The number of rotatable bonds is 3. The lowest BCUT2D eigenvalue weighted by Crippen LogP contribution is -2.23. The molecule has 1 heteroatoms. The maximum Gasteiger partial charge on any atom is 0.0521 e. The first-order valence-corrected chi connectivity index (χ1v) is 6.61. The molecule has 0 aromatic heterocycles. The highest BCUT2D eigenvalue weighted by atomic mass is 15.2. The van der Waals surface area contributed by atoms with Crippen LogP contribution in [0.3, 0.4) is 0 Å². The van der Waals surface area contributed by atoms with Crippen molar-refractivity contribution in [1.29, 1.82) is 0 Å². The summed E-state index contributed by atoms with van der Waals surface area (Å²) < 4.78 is 0. The van der Waals surface area contributed by atoms with Gasteiger partial charge in [-0.05, 0) is 30.4 Å². The minimum atomic E-state index is 0.530. The van der Waals surface area contributed by atoms with E-state index in [0.29, 0.717) is 6.04 Å². The molecular formula is C16H19N. The molecule has 0 radical (unpaired) electrons. The topological polar surface area (TPSA) is 3.24 Å². The number of benzene rings is 2. The summed E-state index contributed by atoms with van der Waals surface area (Å²) in [7, 11) is 0. The molecule has 0 N–H and O–H groups in total. The highest BCUT2D eigenvalue weighted by Gasteiger charge is 2.26. The quantitative estimate of drug-likeness (QED) is 0.742.